The van der Waals surface area contributed by atoms with E-state index in [9.17, 15) is 4.79 Å². The largest absolute Gasteiger partial charge is 0.493 e. The van der Waals surface area contributed by atoms with E-state index in [2.05, 4.69) is 6.07 Å². The summed E-state index contributed by atoms with van der Waals surface area (Å²) in [6, 6.07) is 11.8. The molecule has 1 heterocycles. The van der Waals surface area contributed by atoms with E-state index in [-0.39, 0.29) is 5.78 Å². The minimum absolute atomic E-state index is 0.0648. The second-order valence-corrected chi connectivity index (χ2v) is 5.75. The van der Waals surface area contributed by atoms with Crippen molar-refractivity contribution < 1.29 is 9.53 Å². The number of aryl methyl sites for hydroxylation is 3. The number of benzene rings is 2. The standard InChI is InChI=1S/C19H20O2/c1-13-11-15-8-5-6-10-21-19(15)17(12-13)18(20)16-9-4-3-7-14(16)2/h3-4,7,9,11-12H,5-6,8,10H2,1-2H3. The highest BCUT2D eigenvalue weighted by atomic mass is 16.5. The zero-order valence-electron chi connectivity index (χ0n) is 12.6. The van der Waals surface area contributed by atoms with Gasteiger partial charge in [-0.1, -0.05) is 30.3 Å². The van der Waals surface area contributed by atoms with Gasteiger partial charge in [0.1, 0.15) is 5.75 Å². The van der Waals surface area contributed by atoms with Gasteiger partial charge in [0, 0.05) is 5.56 Å². The van der Waals surface area contributed by atoms with Gasteiger partial charge in [0.25, 0.3) is 0 Å². The molecule has 3 rings (SSSR count). The molecule has 0 aromatic heterocycles. The van der Waals surface area contributed by atoms with Crippen molar-refractivity contribution in [3.63, 3.8) is 0 Å². The van der Waals surface area contributed by atoms with E-state index in [1.807, 2.05) is 44.2 Å². The van der Waals surface area contributed by atoms with Crippen molar-refractivity contribution >= 4 is 5.78 Å². The molecule has 2 nitrogen and oxygen atoms in total. The Balaban J connectivity index is 2.12. The third kappa shape index (κ3) is 2.71. The number of rotatable bonds is 2. The van der Waals surface area contributed by atoms with Crippen LogP contribution < -0.4 is 4.74 Å². The fourth-order valence-corrected chi connectivity index (χ4v) is 2.94. The zero-order chi connectivity index (χ0) is 14.8. The van der Waals surface area contributed by atoms with Gasteiger partial charge in [-0.15, -0.1) is 0 Å². The van der Waals surface area contributed by atoms with E-state index in [0.29, 0.717) is 12.2 Å². The maximum absolute atomic E-state index is 12.9. The lowest BCUT2D eigenvalue weighted by Crippen LogP contribution is -2.09. The average Bonchev–Trinajstić information content (AvgIpc) is 2.71. The van der Waals surface area contributed by atoms with Gasteiger partial charge in [-0.25, -0.2) is 0 Å². The molecule has 0 aliphatic carbocycles. The summed E-state index contributed by atoms with van der Waals surface area (Å²) in [6.07, 6.45) is 3.16. The Bertz CT molecular complexity index is 686. The second-order valence-electron chi connectivity index (χ2n) is 5.75. The van der Waals surface area contributed by atoms with Gasteiger partial charge in [-0.2, -0.15) is 0 Å². The summed E-state index contributed by atoms with van der Waals surface area (Å²) in [7, 11) is 0. The molecule has 1 aliphatic rings. The van der Waals surface area contributed by atoms with Crippen LogP contribution in [0.5, 0.6) is 5.75 Å². The molecule has 2 aromatic carbocycles. The Morgan fingerprint density at radius 2 is 1.86 bits per heavy atom. The monoisotopic (exact) mass is 280 g/mol. The van der Waals surface area contributed by atoms with Crippen LogP contribution in [-0.4, -0.2) is 12.4 Å². The minimum Gasteiger partial charge on any atom is -0.493 e. The number of hydrogen-bond acceptors (Lipinski definition) is 2. The van der Waals surface area contributed by atoms with Gasteiger partial charge in [0.2, 0.25) is 0 Å². The molecule has 2 heteroatoms. The molecule has 0 unspecified atom stereocenters. The van der Waals surface area contributed by atoms with E-state index < -0.39 is 0 Å². The third-order valence-corrected chi connectivity index (χ3v) is 4.03. The lowest BCUT2D eigenvalue weighted by molar-refractivity contribution is 0.103. The average molecular weight is 280 g/mol. The Kier molecular flexibility index (Phi) is 3.78. The van der Waals surface area contributed by atoms with Crippen molar-refractivity contribution in [1.82, 2.24) is 0 Å². The SMILES string of the molecule is Cc1cc2c(c(C(=O)c3ccccc3C)c1)OCCCC2. The minimum atomic E-state index is 0.0648. The van der Waals surface area contributed by atoms with Crippen molar-refractivity contribution in [2.75, 3.05) is 6.61 Å². The number of hydrogen-bond donors (Lipinski definition) is 0. The van der Waals surface area contributed by atoms with Crippen LogP contribution in [0.3, 0.4) is 0 Å². The highest BCUT2D eigenvalue weighted by molar-refractivity contribution is 6.11. The quantitative estimate of drug-likeness (QED) is 0.769. The highest BCUT2D eigenvalue weighted by Crippen LogP contribution is 2.32. The van der Waals surface area contributed by atoms with Crippen LogP contribution in [0.2, 0.25) is 0 Å². The molecular weight excluding hydrogens is 260 g/mol. The Morgan fingerprint density at radius 1 is 1.05 bits per heavy atom. The molecule has 0 amide bonds. The highest BCUT2D eigenvalue weighted by Gasteiger charge is 2.21. The molecule has 1 aliphatic heterocycles. The molecule has 0 saturated carbocycles. The van der Waals surface area contributed by atoms with Crippen LogP contribution in [0, 0.1) is 13.8 Å². The Labute approximate surface area is 125 Å². The van der Waals surface area contributed by atoms with Crippen molar-refractivity contribution in [2.45, 2.75) is 33.1 Å². The normalized spacial score (nSPS) is 14.0. The van der Waals surface area contributed by atoms with E-state index >= 15 is 0 Å². The van der Waals surface area contributed by atoms with E-state index in [1.54, 1.807) is 0 Å². The smallest absolute Gasteiger partial charge is 0.197 e. The predicted molar refractivity (Wildman–Crippen MR) is 84.2 cm³/mol. The van der Waals surface area contributed by atoms with Crippen LogP contribution in [0.25, 0.3) is 0 Å². The van der Waals surface area contributed by atoms with Crippen LogP contribution in [0.15, 0.2) is 36.4 Å². The summed E-state index contributed by atoms with van der Waals surface area (Å²) in [6.45, 7) is 4.71. The molecule has 21 heavy (non-hydrogen) atoms. The van der Waals surface area contributed by atoms with Crippen molar-refractivity contribution in [3.8, 4) is 5.75 Å². The summed E-state index contributed by atoms with van der Waals surface area (Å²) >= 11 is 0. The van der Waals surface area contributed by atoms with Gasteiger partial charge in [0.05, 0.1) is 12.2 Å². The number of carbonyl (C=O) groups excluding carboxylic acids is 1. The fourth-order valence-electron chi connectivity index (χ4n) is 2.94. The third-order valence-electron chi connectivity index (χ3n) is 4.03. The van der Waals surface area contributed by atoms with Crippen LogP contribution in [-0.2, 0) is 6.42 Å². The van der Waals surface area contributed by atoms with Crippen LogP contribution in [0.4, 0.5) is 0 Å². The molecule has 0 spiro atoms. The van der Waals surface area contributed by atoms with Gasteiger partial charge in [-0.05, 0) is 55.9 Å². The number of fused-ring (bicyclic) bond motifs is 1. The molecule has 0 radical (unpaired) electrons. The summed E-state index contributed by atoms with van der Waals surface area (Å²) in [5, 5.41) is 0. The summed E-state index contributed by atoms with van der Waals surface area (Å²) in [5.41, 5.74) is 4.77. The Hall–Kier alpha value is -2.09. The van der Waals surface area contributed by atoms with Crippen molar-refractivity contribution in [2.24, 2.45) is 0 Å². The molecule has 0 fully saturated rings. The molecule has 0 atom stereocenters. The lowest BCUT2D eigenvalue weighted by Gasteiger charge is -2.14. The van der Waals surface area contributed by atoms with Gasteiger partial charge >= 0.3 is 0 Å². The van der Waals surface area contributed by atoms with Gasteiger partial charge < -0.3 is 4.74 Å². The molecule has 0 N–H and O–H groups in total. The van der Waals surface area contributed by atoms with Crippen molar-refractivity contribution in [1.29, 1.82) is 0 Å². The fraction of sp³-hybridized carbons (Fsp3) is 0.316. The van der Waals surface area contributed by atoms with Gasteiger partial charge in [0.15, 0.2) is 5.78 Å². The molecular formula is C19H20O2. The summed E-state index contributed by atoms with van der Waals surface area (Å²) in [5.74, 6) is 0.862. The predicted octanol–water partition coefficient (Wildman–Crippen LogP) is 4.25. The first-order valence-corrected chi connectivity index (χ1v) is 7.53. The van der Waals surface area contributed by atoms with E-state index in [4.69, 9.17) is 4.74 Å². The first kappa shape index (κ1) is 13.9. The lowest BCUT2D eigenvalue weighted by atomic mass is 9.94. The van der Waals surface area contributed by atoms with Crippen LogP contribution in [0.1, 0.15) is 45.5 Å². The molecule has 2 aromatic rings. The number of ketones is 1. The summed E-state index contributed by atoms with van der Waals surface area (Å²) < 4.78 is 5.90. The van der Waals surface area contributed by atoms with Crippen LogP contribution >= 0.6 is 0 Å². The second kappa shape index (κ2) is 5.72. The Morgan fingerprint density at radius 3 is 2.67 bits per heavy atom. The number of carbonyl (C=O) groups is 1. The zero-order valence-corrected chi connectivity index (χ0v) is 12.6. The van der Waals surface area contributed by atoms with Gasteiger partial charge in [-0.3, -0.25) is 4.79 Å². The first-order chi connectivity index (χ1) is 10.2. The summed E-state index contributed by atoms with van der Waals surface area (Å²) in [4.78, 5) is 12.9. The topological polar surface area (TPSA) is 26.3 Å². The van der Waals surface area contributed by atoms with E-state index in [1.165, 1.54) is 5.56 Å². The van der Waals surface area contributed by atoms with E-state index in [0.717, 1.165) is 41.7 Å². The molecule has 0 bridgehead atoms. The maximum atomic E-state index is 12.9. The molecule has 108 valence electrons. The number of ether oxygens (including phenoxy) is 1. The maximum Gasteiger partial charge on any atom is 0.197 e. The van der Waals surface area contributed by atoms with Crippen molar-refractivity contribution in [3.05, 3.63) is 64.2 Å². The molecule has 0 saturated heterocycles. The first-order valence-electron chi connectivity index (χ1n) is 7.53.